The van der Waals surface area contributed by atoms with Gasteiger partial charge >= 0.3 is 5.97 Å². The number of carbonyl (C=O) groups is 1. The lowest BCUT2D eigenvalue weighted by molar-refractivity contribution is -0.229. The van der Waals surface area contributed by atoms with E-state index >= 15 is 0 Å². The molecule has 1 N–H and O–H groups in total. The lowest BCUT2D eigenvalue weighted by Crippen LogP contribution is -2.09. The van der Waals surface area contributed by atoms with Gasteiger partial charge in [-0.05, 0) is 12.3 Å². The molecule has 3 heteroatoms. The number of carbonyl (C=O) groups excluding carboxylic acids is 1. The largest absolute Gasteiger partial charge is 0.368 e. The van der Waals surface area contributed by atoms with Crippen molar-refractivity contribution in [3.8, 4) is 0 Å². The van der Waals surface area contributed by atoms with Crippen molar-refractivity contribution >= 4 is 5.97 Å². The Balaban J connectivity index is 3.91. The van der Waals surface area contributed by atoms with Crippen molar-refractivity contribution in [1.29, 1.82) is 0 Å². The second-order valence-electron chi connectivity index (χ2n) is 3.60. The molecule has 14 heavy (non-hydrogen) atoms. The van der Waals surface area contributed by atoms with Crippen LogP contribution in [0.4, 0.5) is 0 Å². The number of unbranched alkanes of at least 4 members (excludes halogenated alkanes) is 1. The molecule has 3 nitrogen and oxygen atoms in total. The summed E-state index contributed by atoms with van der Waals surface area (Å²) in [5.74, 6) is -0.235. The van der Waals surface area contributed by atoms with Crippen LogP contribution in [0.1, 0.15) is 46.0 Å². The molecule has 1 unspecified atom stereocenters. The topological polar surface area (TPSA) is 46.5 Å². The molecular formula is C11H20O3. The van der Waals surface area contributed by atoms with Gasteiger partial charge in [-0.15, -0.1) is 0 Å². The van der Waals surface area contributed by atoms with E-state index in [-0.39, 0.29) is 0 Å². The van der Waals surface area contributed by atoms with Gasteiger partial charge in [0.1, 0.15) is 0 Å². The standard InChI is InChI=1S/C11H20O3/c1-4-6-7-10(5-2)8-9(3)11(12)14-13/h10,13H,3-8H2,1-2H3. The minimum atomic E-state index is -0.708. The molecule has 0 aromatic rings. The Labute approximate surface area is 85.7 Å². The third kappa shape index (κ3) is 5.02. The third-order valence-electron chi connectivity index (χ3n) is 2.45. The van der Waals surface area contributed by atoms with Crippen molar-refractivity contribution in [1.82, 2.24) is 0 Å². The van der Waals surface area contributed by atoms with Gasteiger partial charge in [0.05, 0.1) is 0 Å². The fourth-order valence-corrected chi connectivity index (χ4v) is 1.44. The molecule has 0 saturated carbocycles. The zero-order chi connectivity index (χ0) is 11.0. The summed E-state index contributed by atoms with van der Waals surface area (Å²) in [6.45, 7) is 7.82. The predicted octanol–water partition coefficient (Wildman–Crippen LogP) is 3.17. The van der Waals surface area contributed by atoms with Gasteiger partial charge in [0.15, 0.2) is 0 Å². The average Bonchev–Trinajstić information content (AvgIpc) is 2.22. The second-order valence-corrected chi connectivity index (χ2v) is 3.60. The van der Waals surface area contributed by atoms with Crippen molar-refractivity contribution < 1.29 is 14.9 Å². The van der Waals surface area contributed by atoms with Crippen LogP contribution in [0.5, 0.6) is 0 Å². The summed E-state index contributed by atoms with van der Waals surface area (Å²) in [4.78, 5) is 14.5. The van der Waals surface area contributed by atoms with E-state index in [2.05, 4.69) is 25.3 Å². The molecule has 0 fully saturated rings. The smallest absolute Gasteiger partial charge is 0.296 e. The first kappa shape index (κ1) is 13.2. The summed E-state index contributed by atoms with van der Waals surface area (Å²) in [6, 6.07) is 0. The third-order valence-corrected chi connectivity index (χ3v) is 2.45. The summed E-state index contributed by atoms with van der Waals surface area (Å²) in [7, 11) is 0. The van der Waals surface area contributed by atoms with Crippen LogP contribution in [0.2, 0.25) is 0 Å². The maximum atomic E-state index is 10.9. The Hall–Kier alpha value is -0.830. The highest BCUT2D eigenvalue weighted by molar-refractivity contribution is 5.87. The molecule has 82 valence electrons. The summed E-state index contributed by atoms with van der Waals surface area (Å²) in [5, 5.41) is 8.16. The van der Waals surface area contributed by atoms with E-state index in [1.807, 2.05) is 0 Å². The van der Waals surface area contributed by atoms with Gasteiger partial charge in [-0.2, -0.15) is 5.26 Å². The molecule has 0 aliphatic rings. The maximum Gasteiger partial charge on any atom is 0.368 e. The molecule has 0 radical (unpaired) electrons. The summed E-state index contributed by atoms with van der Waals surface area (Å²) in [5.41, 5.74) is 0.357. The second kappa shape index (κ2) is 7.56. The van der Waals surface area contributed by atoms with Gasteiger partial charge in [0.25, 0.3) is 0 Å². The van der Waals surface area contributed by atoms with Gasteiger partial charge in [0.2, 0.25) is 0 Å². The quantitative estimate of drug-likeness (QED) is 0.390. The van der Waals surface area contributed by atoms with Crippen LogP contribution >= 0.6 is 0 Å². The molecule has 0 bridgehead atoms. The number of hydrogen-bond acceptors (Lipinski definition) is 3. The van der Waals surface area contributed by atoms with Crippen LogP contribution in [0.25, 0.3) is 0 Å². The fraction of sp³-hybridized carbons (Fsp3) is 0.727. The SMILES string of the molecule is C=C(CC(CC)CCCC)C(=O)OO. The summed E-state index contributed by atoms with van der Waals surface area (Å²) < 4.78 is 0. The molecule has 1 atom stereocenters. The highest BCUT2D eigenvalue weighted by Gasteiger charge is 2.14. The van der Waals surface area contributed by atoms with Crippen LogP contribution < -0.4 is 0 Å². The molecule has 0 amide bonds. The normalized spacial score (nSPS) is 12.2. The molecule has 0 aliphatic carbocycles. The minimum Gasteiger partial charge on any atom is -0.296 e. The van der Waals surface area contributed by atoms with Crippen LogP contribution in [-0.2, 0) is 9.68 Å². The zero-order valence-electron chi connectivity index (χ0n) is 9.08. The van der Waals surface area contributed by atoms with E-state index in [1.54, 1.807) is 0 Å². The highest BCUT2D eigenvalue weighted by Crippen LogP contribution is 2.20. The highest BCUT2D eigenvalue weighted by atomic mass is 17.1. The molecule has 0 aromatic carbocycles. The van der Waals surface area contributed by atoms with Crippen molar-refractivity contribution in [2.75, 3.05) is 0 Å². The first-order valence-corrected chi connectivity index (χ1v) is 5.19. The monoisotopic (exact) mass is 200 g/mol. The molecule has 0 spiro atoms. The van der Waals surface area contributed by atoms with Crippen LogP contribution in [0.15, 0.2) is 12.2 Å². The Kier molecular flexibility index (Phi) is 7.11. The lowest BCUT2D eigenvalue weighted by Gasteiger charge is -2.13. The molecule has 0 heterocycles. The van der Waals surface area contributed by atoms with E-state index in [0.717, 1.165) is 19.3 Å². The summed E-state index contributed by atoms with van der Waals surface area (Å²) in [6.07, 6.45) is 5.08. The predicted molar refractivity (Wildman–Crippen MR) is 55.8 cm³/mol. The van der Waals surface area contributed by atoms with Crippen LogP contribution in [-0.4, -0.2) is 11.2 Å². The van der Waals surface area contributed by atoms with Gasteiger partial charge in [-0.3, -0.25) is 4.89 Å². The zero-order valence-corrected chi connectivity index (χ0v) is 9.08. The first-order valence-electron chi connectivity index (χ1n) is 5.19. The molecule has 0 rings (SSSR count). The first-order chi connectivity index (χ1) is 6.65. The molecule has 0 saturated heterocycles. The average molecular weight is 200 g/mol. The fourth-order valence-electron chi connectivity index (χ4n) is 1.44. The Bertz CT molecular complexity index is 187. The van der Waals surface area contributed by atoms with Crippen molar-refractivity contribution in [3.05, 3.63) is 12.2 Å². The van der Waals surface area contributed by atoms with E-state index in [9.17, 15) is 4.79 Å². The van der Waals surface area contributed by atoms with Crippen molar-refractivity contribution in [2.24, 2.45) is 5.92 Å². The summed E-state index contributed by atoms with van der Waals surface area (Å²) >= 11 is 0. The van der Waals surface area contributed by atoms with Gasteiger partial charge in [-0.25, -0.2) is 4.79 Å². The van der Waals surface area contributed by atoms with E-state index in [1.165, 1.54) is 6.42 Å². The van der Waals surface area contributed by atoms with E-state index in [4.69, 9.17) is 5.26 Å². The molecular weight excluding hydrogens is 180 g/mol. The maximum absolute atomic E-state index is 10.9. The van der Waals surface area contributed by atoms with Crippen molar-refractivity contribution in [3.63, 3.8) is 0 Å². The van der Waals surface area contributed by atoms with Crippen LogP contribution in [0, 0.1) is 5.92 Å². The van der Waals surface area contributed by atoms with E-state index < -0.39 is 5.97 Å². The minimum absolute atomic E-state index is 0.357. The van der Waals surface area contributed by atoms with Crippen LogP contribution in [0.3, 0.4) is 0 Å². The van der Waals surface area contributed by atoms with Gasteiger partial charge in [-0.1, -0.05) is 46.1 Å². The Morgan fingerprint density at radius 1 is 1.50 bits per heavy atom. The van der Waals surface area contributed by atoms with E-state index in [0.29, 0.717) is 17.9 Å². The Morgan fingerprint density at radius 2 is 2.14 bits per heavy atom. The number of rotatable bonds is 7. The number of hydrogen-bond donors (Lipinski definition) is 1. The van der Waals surface area contributed by atoms with Gasteiger partial charge in [0, 0.05) is 5.57 Å². The molecule has 0 aromatic heterocycles. The molecule has 0 aliphatic heterocycles. The van der Waals surface area contributed by atoms with Gasteiger partial charge < -0.3 is 0 Å². The Morgan fingerprint density at radius 3 is 2.57 bits per heavy atom. The lowest BCUT2D eigenvalue weighted by atomic mass is 9.92. The van der Waals surface area contributed by atoms with Crippen molar-refractivity contribution in [2.45, 2.75) is 46.0 Å².